The third kappa shape index (κ3) is 2.27. The maximum absolute atomic E-state index is 11.5. The Balaban J connectivity index is 1.48. The first-order valence-corrected chi connectivity index (χ1v) is 10.9. The molecule has 1 N–H and O–H groups in total. The fourth-order valence-corrected chi connectivity index (χ4v) is 7.74. The van der Waals surface area contributed by atoms with Gasteiger partial charge in [0.25, 0.3) is 0 Å². The van der Waals surface area contributed by atoms with Gasteiger partial charge in [-0.15, -0.1) is 0 Å². The number of hydrogen-bond donors (Lipinski definition) is 1. The van der Waals surface area contributed by atoms with E-state index >= 15 is 0 Å². The summed E-state index contributed by atoms with van der Waals surface area (Å²) in [6.07, 6.45) is 12.7. The van der Waals surface area contributed by atoms with Gasteiger partial charge in [0.1, 0.15) is 5.75 Å². The molecule has 1 spiro atoms. The SMILES string of the molecule is COc1ccc2c(c1)CC[C@@H]1[C@@H]2CC[C@@]2(C)[C@H]1CC1(CCCCC1)[C@@H]2O. The van der Waals surface area contributed by atoms with Gasteiger partial charge in [-0.2, -0.15) is 0 Å². The molecule has 0 radical (unpaired) electrons. The van der Waals surface area contributed by atoms with Crippen LogP contribution in [0.1, 0.15) is 81.8 Å². The van der Waals surface area contributed by atoms with Crippen LogP contribution in [0.25, 0.3) is 0 Å². The number of fused-ring (bicyclic) bond motifs is 5. The normalized spacial score (nSPS) is 40.6. The summed E-state index contributed by atoms with van der Waals surface area (Å²) in [4.78, 5) is 0. The third-order valence-electron chi connectivity index (χ3n) is 9.05. The number of ether oxygens (including phenoxy) is 1. The lowest BCUT2D eigenvalue weighted by Crippen LogP contribution is -2.46. The van der Waals surface area contributed by atoms with Crippen molar-refractivity contribution in [2.75, 3.05) is 7.11 Å². The summed E-state index contributed by atoms with van der Waals surface area (Å²) in [5, 5.41) is 11.5. The molecule has 0 amide bonds. The largest absolute Gasteiger partial charge is 0.497 e. The first-order chi connectivity index (χ1) is 12.6. The number of aryl methyl sites for hydroxylation is 1. The zero-order chi connectivity index (χ0) is 17.9. The molecule has 142 valence electrons. The molecule has 0 aromatic heterocycles. The minimum absolute atomic E-state index is 0.0708. The number of aliphatic hydroxyl groups is 1. The van der Waals surface area contributed by atoms with Crippen molar-refractivity contribution in [1.29, 1.82) is 0 Å². The lowest BCUT2D eigenvalue weighted by Gasteiger charge is -2.50. The van der Waals surface area contributed by atoms with E-state index in [0.717, 1.165) is 11.7 Å². The van der Waals surface area contributed by atoms with Crippen molar-refractivity contribution in [3.63, 3.8) is 0 Å². The Kier molecular flexibility index (Phi) is 3.94. The highest BCUT2D eigenvalue weighted by atomic mass is 16.5. The Morgan fingerprint density at radius 3 is 2.65 bits per heavy atom. The van der Waals surface area contributed by atoms with E-state index in [1.807, 2.05) is 0 Å². The van der Waals surface area contributed by atoms with Gasteiger partial charge in [-0.05, 0) is 96.8 Å². The van der Waals surface area contributed by atoms with Crippen LogP contribution in [0.5, 0.6) is 5.75 Å². The monoisotopic (exact) mass is 354 g/mol. The molecule has 5 atom stereocenters. The second-order valence-electron chi connectivity index (χ2n) is 10.1. The molecular weight excluding hydrogens is 320 g/mol. The molecular formula is C24H34O2. The second-order valence-corrected chi connectivity index (χ2v) is 10.1. The molecule has 26 heavy (non-hydrogen) atoms. The zero-order valence-corrected chi connectivity index (χ0v) is 16.5. The average Bonchev–Trinajstić information content (AvgIpc) is 2.89. The maximum Gasteiger partial charge on any atom is 0.119 e. The molecule has 0 unspecified atom stereocenters. The fourth-order valence-electron chi connectivity index (χ4n) is 7.74. The average molecular weight is 355 g/mol. The van der Waals surface area contributed by atoms with Gasteiger partial charge < -0.3 is 9.84 Å². The van der Waals surface area contributed by atoms with Crippen molar-refractivity contribution in [3.05, 3.63) is 29.3 Å². The fraction of sp³-hybridized carbons (Fsp3) is 0.750. The predicted molar refractivity (Wildman–Crippen MR) is 105 cm³/mol. The molecule has 0 heterocycles. The number of aliphatic hydroxyl groups excluding tert-OH is 1. The summed E-state index contributed by atoms with van der Waals surface area (Å²) in [5.74, 6) is 3.18. The van der Waals surface area contributed by atoms with E-state index in [2.05, 4.69) is 25.1 Å². The summed E-state index contributed by atoms with van der Waals surface area (Å²) in [6.45, 7) is 2.44. The van der Waals surface area contributed by atoms with Crippen molar-refractivity contribution in [1.82, 2.24) is 0 Å². The van der Waals surface area contributed by atoms with Crippen LogP contribution in [0.2, 0.25) is 0 Å². The van der Waals surface area contributed by atoms with Gasteiger partial charge in [-0.3, -0.25) is 0 Å². The van der Waals surface area contributed by atoms with Gasteiger partial charge in [-0.1, -0.05) is 32.3 Å². The van der Waals surface area contributed by atoms with Gasteiger partial charge in [0.15, 0.2) is 0 Å². The molecule has 1 aromatic rings. The van der Waals surface area contributed by atoms with Crippen LogP contribution in [-0.2, 0) is 6.42 Å². The second kappa shape index (κ2) is 5.99. The molecule has 0 bridgehead atoms. The van der Waals surface area contributed by atoms with Crippen LogP contribution in [0.3, 0.4) is 0 Å². The molecule has 4 aliphatic carbocycles. The van der Waals surface area contributed by atoms with Gasteiger partial charge in [0.05, 0.1) is 13.2 Å². The zero-order valence-electron chi connectivity index (χ0n) is 16.5. The van der Waals surface area contributed by atoms with Gasteiger partial charge in [-0.25, -0.2) is 0 Å². The lowest BCUT2D eigenvalue weighted by atomic mass is 9.55. The van der Waals surface area contributed by atoms with Crippen molar-refractivity contribution in [3.8, 4) is 5.75 Å². The standard InChI is InChI=1S/C24H34O2/c1-23-13-10-19-18-9-7-17(26-2)14-16(18)6-8-20(19)21(23)15-24(22(23)25)11-4-3-5-12-24/h7,9,14,19-22,25H,3-6,8,10-13,15H2,1-2H3/t19-,20-,21+,22-,23+/m1/s1. The Bertz CT molecular complexity index is 689. The molecule has 1 aromatic carbocycles. The van der Waals surface area contributed by atoms with Crippen molar-refractivity contribution >= 4 is 0 Å². The summed E-state index contributed by atoms with van der Waals surface area (Å²) in [5.41, 5.74) is 3.50. The topological polar surface area (TPSA) is 29.5 Å². The molecule has 0 aliphatic heterocycles. The van der Waals surface area contributed by atoms with Crippen molar-refractivity contribution < 1.29 is 9.84 Å². The first kappa shape index (κ1) is 17.1. The quantitative estimate of drug-likeness (QED) is 0.724. The first-order valence-electron chi connectivity index (χ1n) is 10.9. The van der Waals surface area contributed by atoms with E-state index < -0.39 is 0 Å². The molecule has 5 rings (SSSR count). The van der Waals surface area contributed by atoms with Crippen LogP contribution >= 0.6 is 0 Å². The molecule has 0 saturated heterocycles. The molecule has 4 aliphatic rings. The van der Waals surface area contributed by atoms with E-state index in [1.165, 1.54) is 69.8 Å². The van der Waals surface area contributed by atoms with Crippen LogP contribution in [0.15, 0.2) is 18.2 Å². The van der Waals surface area contributed by atoms with E-state index in [0.29, 0.717) is 11.8 Å². The van der Waals surface area contributed by atoms with E-state index in [-0.39, 0.29) is 16.9 Å². The Labute approximate surface area is 158 Å². The smallest absolute Gasteiger partial charge is 0.119 e. The van der Waals surface area contributed by atoms with Crippen LogP contribution < -0.4 is 4.74 Å². The van der Waals surface area contributed by atoms with Crippen LogP contribution in [-0.4, -0.2) is 18.3 Å². The summed E-state index contributed by atoms with van der Waals surface area (Å²) < 4.78 is 5.46. The highest BCUT2D eigenvalue weighted by molar-refractivity contribution is 5.41. The molecule has 2 heteroatoms. The molecule has 3 fully saturated rings. The molecule has 2 nitrogen and oxygen atoms in total. The van der Waals surface area contributed by atoms with E-state index in [4.69, 9.17) is 4.74 Å². The van der Waals surface area contributed by atoms with Crippen LogP contribution in [0.4, 0.5) is 0 Å². The maximum atomic E-state index is 11.5. The summed E-state index contributed by atoms with van der Waals surface area (Å²) >= 11 is 0. The lowest BCUT2D eigenvalue weighted by molar-refractivity contribution is -0.0637. The number of rotatable bonds is 1. The Morgan fingerprint density at radius 2 is 1.88 bits per heavy atom. The Hall–Kier alpha value is -1.02. The predicted octanol–water partition coefficient (Wildman–Crippen LogP) is 5.47. The minimum atomic E-state index is -0.0708. The van der Waals surface area contributed by atoms with Crippen LogP contribution in [0, 0.1) is 22.7 Å². The summed E-state index contributed by atoms with van der Waals surface area (Å²) in [6, 6.07) is 6.77. The number of methoxy groups -OCH3 is 1. The Morgan fingerprint density at radius 1 is 1.08 bits per heavy atom. The van der Waals surface area contributed by atoms with Crippen molar-refractivity contribution in [2.24, 2.45) is 22.7 Å². The van der Waals surface area contributed by atoms with E-state index in [1.54, 1.807) is 12.7 Å². The molecule has 3 saturated carbocycles. The van der Waals surface area contributed by atoms with E-state index in [9.17, 15) is 5.11 Å². The minimum Gasteiger partial charge on any atom is -0.497 e. The highest BCUT2D eigenvalue weighted by Crippen LogP contribution is 2.68. The van der Waals surface area contributed by atoms with Crippen molar-refractivity contribution in [2.45, 2.75) is 83.2 Å². The third-order valence-corrected chi connectivity index (χ3v) is 9.05. The summed E-state index contributed by atoms with van der Waals surface area (Å²) in [7, 11) is 1.77. The number of benzene rings is 1. The van der Waals surface area contributed by atoms with Gasteiger partial charge in [0, 0.05) is 0 Å². The van der Waals surface area contributed by atoms with Gasteiger partial charge in [0.2, 0.25) is 0 Å². The number of hydrogen-bond acceptors (Lipinski definition) is 2. The van der Waals surface area contributed by atoms with Gasteiger partial charge >= 0.3 is 0 Å². The highest BCUT2D eigenvalue weighted by Gasteiger charge is 2.63.